The summed E-state index contributed by atoms with van der Waals surface area (Å²) in [7, 11) is 0. The molecule has 0 aliphatic rings. The van der Waals surface area contributed by atoms with E-state index in [2.05, 4.69) is 4.98 Å². The lowest BCUT2D eigenvalue weighted by Crippen LogP contribution is -2.10. The molecule has 0 aliphatic carbocycles. The number of carbonyl (C=O) groups is 1. The third kappa shape index (κ3) is 2.57. The standard InChI is InChI=1S/C17H15FN2O2/c1-11-10-12(3-6-14(11)18)2-4-13-5-7-15-19-8-9-20(15)16(13)17(21)22/h3,5-10H,2,4H2,1H3,(H,21,22). The molecular formula is C17H15FN2O2. The number of imidazole rings is 1. The average Bonchev–Trinajstić information content (AvgIpc) is 2.95. The van der Waals surface area contributed by atoms with Crippen molar-refractivity contribution in [3.8, 4) is 0 Å². The van der Waals surface area contributed by atoms with Gasteiger partial charge < -0.3 is 5.11 Å². The van der Waals surface area contributed by atoms with Crippen molar-refractivity contribution in [2.24, 2.45) is 0 Å². The SMILES string of the molecule is Cc1cc(CCc2ccc3nccn3c2C(=O)O)ccc1F. The van der Waals surface area contributed by atoms with Crippen molar-refractivity contribution in [2.45, 2.75) is 19.8 Å². The number of fused-ring (bicyclic) bond motifs is 1. The molecule has 112 valence electrons. The van der Waals surface area contributed by atoms with Crippen molar-refractivity contribution >= 4 is 11.6 Å². The van der Waals surface area contributed by atoms with Crippen LogP contribution in [0.3, 0.4) is 0 Å². The van der Waals surface area contributed by atoms with Gasteiger partial charge in [-0.1, -0.05) is 18.2 Å². The van der Waals surface area contributed by atoms with Gasteiger partial charge in [-0.3, -0.25) is 4.40 Å². The van der Waals surface area contributed by atoms with Crippen molar-refractivity contribution < 1.29 is 14.3 Å². The van der Waals surface area contributed by atoms with E-state index < -0.39 is 5.97 Å². The molecular weight excluding hydrogens is 283 g/mol. The fourth-order valence-electron chi connectivity index (χ4n) is 2.62. The summed E-state index contributed by atoms with van der Waals surface area (Å²) in [5, 5.41) is 9.46. The Bertz CT molecular complexity index is 855. The van der Waals surface area contributed by atoms with Crippen LogP contribution in [0.5, 0.6) is 0 Å². The number of rotatable bonds is 4. The van der Waals surface area contributed by atoms with Crippen LogP contribution in [0.1, 0.15) is 27.2 Å². The lowest BCUT2D eigenvalue weighted by molar-refractivity contribution is 0.0687. The maximum absolute atomic E-state index is 13.3. The first-order valence-electron chi connectivity index (χ1n) is 6.99. The second-order valence-corrected chi connectivity index (χ2v) is 5.25. The summed E-state index contributed by atoms with van der Waals surface area (Å²) in [6, 6.07) is 8.58. The molecule has 0 aliphatic heterocycles. The third-order valence-corrected chi connectivity index (χ3v) is 3.76. The maximum atomic E-state index is 13.3. The zero-order valence-corrected chi connectivity index (χ0v) is 12.1. The number of hydrogen-bond donors (Lipinski definition) is 1. The fourth-order valence-corrected chi connectivity index (χ4v) is 2.62. The Morgan fingerprint density at radius 2 is 2.09 bits per heavy atom. The molecule has 0 amide bonds. The van der Waals surface area contributed by atoms with Crippen LogP contribution in [-0.2, 0) is 12.8 Å². The van der Waals surface area contributed by atoms with E-state index in [-0.39, 0.29) is 11.5 Å². The predicted octanol–water partition coefficient (Wildman–Crippen LogP) is 3.27. The molecule has 3 rings (SSSR count). The van der Waals surface area contributed by atoms with Gasteiger partial charge in [-0.2, -0.15) is 0 Å². The number of hydrogen-bond acceptors (Lipinski definition) is 2. The van der Waals surface area contributed by atoms with E-state index in [1.54, 1.807) is 48.0 Å². The summed E-state index contributed by atoms with van der Waals surface area (Å²) in [5.74, 6) is -1.20. The molecule has 2 aromatic heterocycles. The lowest BCUT2D eigenvalue weighted by atomic mass is 10.0. The van der Waals surface area contributed by atoms with Crippen LogP contribution in [0.2, 0.25) is 0 Å². The Morgan fingerprint density at radius 3 is 2.82 bits per heavy atom. The predicted molar refractivity (Wildman–Crippen MR) is 80.7 cm³/mol. The van der Waals surface area contributed by atoms with Gasteiger partial charge in [0.05, 0.1) is 0 Å². The van der Waals surface area contributed by atoms with Gasteiger partial charge in [-0.15, -0.1) is 0 Å². The van der Waals surface area contributed by atoms with Gasteiger partial charge >= 0.3 is 5.97 Å². The molecule has 2 heterocycles. The number of carboxylic acid groups (broad SMARTS) is 1. The van der Waals surface area contributed by atoms with Crippen LogP contribution in [0.15, 0.2) is 42.7 Å². The summed E-state index contributed by atoms with van der Waals surface area (Å²) in [5.41, 5.74) is 3.16. The monoisotopic (exact) mass is 298 g/mol. The number of pyridine rings is 1. The van der Waals surface area contributed by atoms with E-state index in [1.165, 1.54) is 6.07 Å². The molecule has 0 atom stereocenters. The maximum Gasteiger partial charge on any atom is 0.353 e. The summed E-state index contributed by atoms with van der Waals surface area (Å²) in [6.45, 7) is 1.72. The fraction of sp³-hybridized carbons (Fsp3) is 0.176. The molecule has 5 heteroatoms. The Labute approximate surface area is 126 Å². The van der Waals surface area contributed by atoms with Crippen LogP contribution >= 0.6 is 0 Å². The van der Waals surface area contributed by atoms with Crippen molar-refractivity contribution in [3.63, 3.8) is 0 Å². The van der Waals surface area contributed by atoms with Gasteiger partial charge in [0.1, 0.15) is 17.2 Å². The van der Waals surface area contributed by atoms with E-state index in [4.69, 9.17) is 0 Å². The first kappa shape index (κ1) is 14.3. The number of aromatic carboxylic acids is 1. The minimum atomic E-state index is -0.978. The molecule has 3 aromatic rings. The van der Waals surface area contributed by atoms with E-state index in [0.29, 0.717) is 24.1 Å². The summed E-state index contributed by atoms with van der Waals surface area (Å²) in [4.78, 5) is 15.6. The second kappa shape index (κ2) is 5.60. The average molecular weight is 298 g/mol. The van der Waals surface area contributed by atoms with E-state index in [0.717, 1.165) is 11.1 Å². The minimum Gasteiger partial charge on any atom is -0.477 e. The number of carboxylic acids is 1. The molecule has 0 fully saturated rings. The van der Waals surface area contributed by atoms with Crippen LogP contribution in [-0.4, -0.2) is 20.5 Å². The number of halogens is 1. The smallest absolute Gasteiger partial charge is 0.353 e. The minimum absolute atomic E-state index is 0.227. The molecule has 0 saturated heterocycles. The Morgan fingerprint density at radius 1 is 1.27 bits per heavy atom. The van der Waals surface area contributed by atoms with Crippen molar-refractivity contribution in [1.82, 2.24) is 9.38 Å². The number of nitrogens with zero attached hydrogens (tertiary/aromatic N) is 2. The van der Waals surface area contributed by atoms with E-state index in [9.17, 15) is 14.3 Å². The molecule has 4 nitrogen and oxygen atoms in total. The summed E-state index contributed by atoms with van der Waals surface area (Å²) in [6.07, 6.45) is 4.45. The quantitative estimate of drug-likeness (QED) is 0.804. The molecule has 0 saturated carbocycles. The highest BCUT2D eigenvalue weighted by Gasteiger charge is 2.15. The topological polar surface area (TPSA) is 54.6 Å². The van der Waals surface area contributed by atoms with Gasteiger partial charge in [0.15, 0.2) is 0 Å². The third-order valence-electron chi connectivity index (χ3n) is 3.76. The van der Waals surface area contributed by atoms with Crippen LogP contribution in [0, 0.1) is 12.7 Å². The molecule has 0 unspecified atom stereocenters. The Balaban J connectivity index is 1.91. The first-order chi connectivity index (χ1) is 10.6. The normalized spacial score (nSPS) is 11.0. The Hall–Kier alpha value is -2.69. The molecule has 0 spiro atoms. The second-order valence-electron chi connectivity index (χ2n) is 5.25. The lowest BCUT2D eigenvalue weighted by Gasteiger charge is -2.09. The summed E-state index contributed by atoms with van der Waals surface area (Å²) < 4.78 is 14.9. The molecule has 1 N–H and O–H groups in total. The zero-order chi connectivity index (χ0) is 15.7. The van der Waals surface area contributed by atoms with Crippen molar-refractivity contribution in [3.05, 3.63) is 70.9 Å². The summed E-state index contributed by atoms with van der Waals surface area (Å²) >= 11 is 0. The highest BCUT2D eigenvalue weighted by molar-refractivity contribution is 5.88. The van der Waals surface area contributed by atoms with Gasteiger partial charge in [0.25, 0.3) is 0 Å². The largest absolute Gasteiger partial charge is 0.477 e. The molecule has 0 radical (unpaired) electrons. The van der Waals surface area contributed by atoms with Crippen molar-refractivity contribution in [1.29, 1.82) is 0 Å². The van der Waals surface area contributed by atoms with Crippen LogP contribution < -0.4 is 0 Å². The van der Waals surface area contributed by atoms with Crippen LogP contribution in [0.4, 0.5) is 4.39 Å². The number of benzene rings is 1. The van der Waals surface area contributed by atoms with E-state index in [1.807, 2.05) is 0 Å². The highest BCUT2D eigenvalue weighted by Crippen LogP contribution is 2.17. The van der Waals surface area contributed by atoms with Crippen LogP contribution in [0.25, 0.3) is 5.65 Å². The molecule has 0 bridgehead atoms. The first-order valence-corrected chi connectivity index (χ1v) is 6.99. The number of aromatic nitrogens is 2. The molecule has 1 aromatic carbocycles. The van der Waals surface area contributed by atoms with Crippen molar-refractivity contribution in [2.75, 3.05) is 0 Å². The van der Waals surface area contributed by atoms with Gasteiger partial charge in [0.2, 0.25) is 0 Å². The van der Waals surface area contributed by atoms with Gasteiger partial charge in [-0.05, 0) is 48.6 Å². The number of aryl methyl sites for hydroxylation is 3. The van der Waals surface area contributed by atoms with Gasteiger partial charge in [-0.25, -0.2) is 14.2 Å². The van der Waals surface area contributed by atoms with Gasteiger partial charge in [0, 0.05) is 12.4 Å². The Kier molecular flexibility index (Phi) is 3.63. The highest BCUT2D eigenvalue weighted by atomic mass is 19.1. The van der Waals surface area contributed by atoms with E-state index >= 15 is 0 Å². The molecule has 22 heavy (non-hydrogen) atoms. The zero-order valence-electron chi connectivity index (χ0n) is 12.1.